The van der Waals surface area contributed by atoms with Gasteiger partial charge < -0.3 is 14.6 Å². The Morgan fingerprint density at radius 2 is 1.79 bits per heavy atom. The maximum Gasteiger partial charge on any atom is 0.238 e. The average molecular weight is 396 g/mol. The summed E-state index contributed by atoms with van der Waals surface area (Å²) in [6.07, 6.45) is 0. The van der Waals surface area contributed by atoms with E-state index in [0.29, 0.717) is 19.0 Å². The number of nitrogens with one attached hydrogen (secondary N) is 1. The van der Waals surface area contributed by atoms with Crippen molar-refractivity contribution in [3.05, 3.63) is 59.0 Å². The van der Waals surface area contributed by atoms with Crippen LogP contribution in [0.1, 0.15) is 22.6 Å². The van der Waals surface area contributed by atoms with Crippen molar-refractivity contribution < 1.29 is 9.21 Å². The Morgan fingerprint density at radius 3 is 2.46 bits per heavy atom. The van der Waals surface area contributed by atoms with Crippen LogP contribution < -0.4 is 5.32 Å². The number of amides is 1. The van der Waals surface area contributed by atoms with Crippen LogP contribution in [0.4, 0.5) is 5.69 Å². The molecule has 0 atom stereocenters. The lowest BCUT2D eigenvalue weighted by Crippen LogP contribution is -2.26. The maximum absolute atomic E-state index is 11.8. The number of halogens is 1. The summed E-state index contributed by atoms with van der Waals surface area (Å²) in [6, 6.07) is 12.4. The van der Waals surface area contributed by atoms with Gasteiger partial charge in [0.25, 0.3) is 0 Å². The van der Waals surface area contributed by atoms with E-state index in [9.17, 15) is 4.79 Å². The van der Waals surface area contributed by atoms with Crippen molar-refractivity contribution in [2.24, 2.45) is 0 Å². The van der Waals surface area contributed by atoms with Gasteiger partial charge in [-0.1, -0.05) is 24.3 Å². The van der Waals surface area contributed by atoms with Crippen LogP contribution in [-0.4, -0.2) is 28.7 Å². The number of alkyl halides is 1. The number of hydrogen-bond acceptors (Lipinski definition) is 4. The topological polar surface area (TPSA) is 58.4 Å². The summed E-state index contributed by atoms with van der Waals surface area (Å²) < 4.78 is 6.02. The Labute approximate surface area is 169 Å². The Kier molecular flexibility index (Phi) is 4.85. The first kappa shape index (κ1) is 18.6. The summed E-state index contributed by atoms with van der Waals surface area (Å²) in [6.45, 7) is 5.09. The van der Waals surface area contributed by atoms with Crippen LogP contribution in [-0.2, 0) is 17.9 Å². The summed E-state index contributed by atoms with van der Waals surface area (Å²) in [5.74, 6) is 1.22. The summed E-state index contributed by atoms with van der Waals surface area (Å²) in [4.78, 5) is 18.1. The van der Waals surface area contributed by atoms with E-state index in [1.165, 1.54) is 11.1 Å². The lowest BCUT2D eigenvalue weighted by Gasteiger charge is -2.15. The predicted octanol–water partition coefficient (Wildman–Crippen LogP) is 4.75. The molecule has 6 heteroatoms. The molecule has 0 aliphatic carbocycles. The van der Waals surface area contributed by atoms with Gasteiger partial charge >= 0.3 is 0 Å². The number of carbonyl (C=O) groups is 1. The minimum atomic E-state index is -0.102. The molecule has 1 aromatic heterocycles. The lowest BCUT2D eigenvalue weighted by molar-refractivity contribution is -0.129. The van der Waals surface area contributed by atoms with Gasteiger partial charge in [0.2, 0.25) is 11.8 Å². The lowest BCUT2D eigenvalue weighted by atomic mass is 9.93. The minimum absolute atomic E-state index is 0.0245. The molecule has 144 valence electrons. The third-order valence-corrected chi connectivity index (χ3v) is 5.61. The molecule has 0 bridgehead atoms. The fourth-order valence-electron chi connectivity index (χ4n) is 3.77. The largest absolute Gasteiger partial charge is 0.439 e. The molecule has 2 heterocycles. The molecule has 0 saturated heterocycles. The van der Waals surface area contributed by atoms with Gasteiger partial charge in [0.1, 0.15) is 17.3 Å². The van der Waals surface area contributed by atoms with Crippen molar-refractivity contribution in [1.29, 1.82) is 0 Å². The molecule has 1 amide bonds. The van der Waals surface area contributed by atoms with Gasteiger partial charge in [-0.05, 0) is 48.2 Å². The second-order valence-electron chi connectivity index (χ2n) is 6.98. The van der Waals surface area contributed by atoms with E-state index in [1.807, 2.05) is 19.2 Å². The van der Waals surface area contributed by atoms with Gasteiger partial charge in [0.05, 0.1) is 13.1 Å². The Bertz CT molecular complexity index is 1030. The maximum atomic E-state index is 11.8. The zero-order valence-corrected chi connectivity index (χ0v) is 16.9. The zero-order valence-electron chi connectivity index (χ0n) is 16.2. The van der Waals surface area contributed by atoms with Crippen molar-refractivity contribution in [3.8, 4) is 22.6 Å². The van der Waals surface area contributed by atoms with Crippen LogP contribution in [0.15, 0.2) is 40.8 Å². The van der Waals surface area contributed by atoms with Gasteiger partial charge in [0.15, 0.2) is 0 Å². The number of oxazole rings is 1. The number of hydrogen-bond donors (Lipinski definition) is 1. The first-order valence-corrected chi connectivity index (χ1v) is 9.77. The predicted molar refractivity (Wildman–Crippen MR) is 111 cm³/mol. The van der Waals surface area contributed by atoms with Crippen LogP contribution in [0.25, 0.3) is 22.6 Å². The number of aromatic nitrogens is 1. The molecule has 4 rings (SSSR count). The normalized spacial score (nSPS) is 12.9. The van der Waals surface area contributed by atoms with E-state index in [4.69, 9.17) is 16.0 Å². The molecule has 0 unspecified atom stereocenters. The fourth-order valence-corrected chi connectivity index (χ4v) is 3.94. The first-order chi connectivity index (χ1) is 13.5. The molecular weight excluding hydrogens is 374 g/mol. The quantitative estimate of drug-likeness (QED) is 0.648. The molecule has 3 aromatic rings. The average Bonchev–Trinajstić information content (AvgIpc) is 3.27. The molecule has 0 fully saturated rings. The molecule has 0 radical (unpaired) electrons. The molecule has 1 aliphatic heterocycles. The van der Waals surface area contributed by atoms with Crippen LogP contribution in [0.5, 0.6) is 0 Å². The van der Waals surface area contributed by atoms with E-state index in [2.05, 4.69) is 48.4 Å². The standard InChI is InChI=1S/C22H22ClN3O2/c1-13-15(16-7-5-9-18(24-3)14(16)2)6-4-8-17(13)22-25-19-11-26(21(27)10-23)12-20(19)28-22/h4-9,24H,10-12H2,1-3H3. The zero-order chi connectivity index (χ0) is 19.8. The Hall–Kier alpha value is -2.79. The van der Waals surface area contributed by atoms with Gasteiger partial charge in [0, 0.05) is 18.3 Å². The molecule has 1 N–H and O–H groups in total. The number of nitrogens with zero attached hydrogens (tertiary/aromatic N) is 2. The van der Waals surface area contributed by atoms with Crippen LogP contribution in [0, 0.1) is 13.8 Å². The second-order valence-corrected chi connectivity index (χ2v) is 7.25. The fraction of sp³-hybridized carbons (Fsp3) is 0.273. The monoisotopic (exact) mass is 395 g/mol. The van der Waals surface area contributed by atoms with Crippen molar-refractivity contribution in [2.45, 2.75) is 26.9 Å². The van der Waals surface area contributed by atoms with E-state index < -0.39 is 0 Å². The first-order valence-electron chi connectivity index (χ1n) is 9.23. The molecule has 1 aliphatic rings. The van der Waals surface area contributed by atoms with Crippen molar-refractivity contribution >= 4 is 23.2 Å². The highest BCUT2D eigenvalue weighted by Gasteiger charge is 2.29. The van der Waals surface area contributed by atoms with Gasteiger partial charge in [-0.25, -0.2) is 4.98 Å². The molecule has 2 aromatic carbocycles. The van der Waals surface area contributed by atoms with E-state index in [0.717, 1.165) is 33.8 Å². The number of fused-ring (bicyclic) bond motifs is 1. The highest BCUT2D eigenvalue weighted by molar-refractivity contribution is 6.27. The van der Waals surface area contributed by atoms with Crippen molar-refractivity contribution in [2.75, 3.05) is 18.2 Å². The van der Waals surface area contributed by atoms with Gasteiger partial charge in [-0.2, -0.15) is 0 Å². The highest BCUT2D eigenvalue weighted by atomic mass is 35.5. The highest BCUT2D eigenvalue weighted by Crippen LogP contribution is 2.36. The molecule has 28 heavy (non-hydrogen) atoms. The van der Waals surface area contributed by atoms with Crippen LogP contribution >= 0.6 is 11.6 Å². The third kappa shape index (κ3) is 3.06. The third-order valence-electron chi connectivity index (χ3n) is 5.38. The van der Waals surface area contributed by atoms with Crippen LogP contribution in [0.2, 0.25) is 0 Å². The smallest absolute Gasteiger partial charge is 0.238 e. The molecule has 5 nitrogen and oxygen atoms in total. The Morgan fingerprint density at radius 1 is 1.11 bits per heavy atom. The minimum Gasteiger partial charge on any atom is -0.439 e. The van der Waals surface area contributed by atoms with Crippen LogP contribution in [0.3, 0.4) is 0 Å². The molecular formula is C22H22ClN3O2. The summed E-state index contributed by atoms with van der Waals surface area (Å²) in [5.41, 5.74) is 7.56. The molecule has 0 spiro atoms. The van der Waals surface area contributed by atoms with Gasteiger partial charge in [-0.15, -0.1) is 11.6 Å². The summed E-state index contributed by atoms with van der Waals surface area (Å²) in [5, 5.41) is 3.24. The van der Waals surface area contributed by atoms with E-state index >= 15 is 0 Å². The number of benzene rings is 2. The summed E-state index contributed by atoms with van der Waals surface area (Å²) in [7, 11) is 1.93. The SMILES string of the molecule is CNc1cccc(-c2cccc(-c3nc4c(o3)CN(C(=O)CCl)C4)c2C)c1C. The van der Waals surface area contributed by atoms with Gasteiger partial charge in [-0.3, -0.25) is 4.79 Å². The molecule has 0 saturated carbocycles. The second kappa shape index (κ2) is 7.32. The number of carbonyl (C=O) groups excluding carboxylic acids is 1. The Balaban J connectivity index is 1.71. The summed E-state index contributed by atoms with van der Waals surface area (Å²) >= 11 is 5.65. The van der Waals surface area contributed by atoms with E-state index in [1.54, 1.807) is 4.90 Å². The van der Waals surface area contributed by atoms with Crippen molar-refractivity contribution in [1.82, 2.24) is 9.88 Å². The van der Waals surface area contributed by atoms with Crippen molar-refractivity contribution in [3.63, 3.8) is 0 Å². The van der Waals surface area contributed by atoms with E-state index in [-0.39, 0.29) is 11.8 Å². The number of rotatable bonds is 4. The number of anilines is 1.